The van der Waals surface area contributed by atoms with Gasteiger partial charge in [-0.25, -0.2) is 0 Å². The predicted molar refractivity (Wildman–Crippen MR) is 25.4 cm³/mol. The molecule has 0 radical (unpaired) electrons. The maximum atomic E-state index is 9.46. The third-order valence-electron chi connectivity index (χ3n) is 0.291. The van der Waals surface area contributed by atoms with Gasteiger partial charge in [0, 0.05) is 11.8 Å². The van der Waals surface area contributed by atoms with E-state index in [1.54, 1.807) is 0 Å². The summed E-state index contributed by atoms with van der Waals surface area (Å²) in [4.78, 5) is 8.43. The molecule has 6 heavy (non-hydrogen) atoms. The van der Waals surface area contributed by atoms with Gasteiger partial charge in [-0.15, -0.1) is 0 Å². The van der Waals surface area contributed by atoms with Crippen molar-refractivity contribution in [2.75, 3.05) is 0 Å². The number of alkyl halides is 1. The highest BCUT2D eigenvalue weighted by atomic mass is 79.9. The molecule has 0 spiro atoms. The van der Waals surface area contributed by atoms with Gasteiger partial charge in [0.15, 0.2) is 0 Å². The molecule has 0 saturated carbocycles. The second kappa shape index (κ2) is 2.12. The minimum atomic E-state index is -0.613. The van der Waals surface area contributed by atoms with Crippen LogP contribution in [0.4, 0.5) is 0 Å². The Morgan fingerprint density at radius 2 is 2.17 bits per heavy atom. The van der Waals surface area contributed by atoms with E-state index >= 15 is 0 Å². The van der Waals surface area contributed by atoms with Gasteiger partial charge in [0.25, 0.3) is 4.95 Å². The lowest BCUT2D eigenvalue weighted by Crippen LogP contribution is -2.04. The van der Waals surface area contributed by atoms with E-state index in [0.717, 1.165) is 0 Å². The molecule has 0 saturated heterocycles. The van der Waals surface area contributed by atoms with Crippen molar-refractivity contribution >= 4 is 15.9 Å². The standard InChI is InChI=1S/C2H4BrNO2/c1-2(3)4(5)6/h2H,1H3. The van der Waals surface area contributed by atoms with E-state index < -0.39 is 9.87 Å². The second-order valence-corrected chi connectivity index (χ2v) is 2.18. The van der Waals surface area contributed by atoms with Gasteiger partial charge < -0.3 is 0 Å². The van der Waals surface area contributed by atoms with E-state index in [4.69, 9.17) is 0 Å². The molecule has 4 heteroatoms. The Hall–Kier alpha value is -0.120. The van der Waals surface area contributed by atoms with Gasteiger partial charge in [0.05, 0.1) is 0 Å². The number of nitrogens with zero attached hydrogens (tertiary/aromatic N) is 1. The SMILES string of the molecule is CC(Br)[N+](=O)[O-]. The third kappa shape index (κ3) is 2.14. The molecule has 0 aliphatic carbocycles. The van der Waals surface area contributed by atoms with Crippen molar-refractivity contribution in [3.8, 4) is 0 Å². The van der Waals surface area contributed by atoms with Crippen molar-refractivity contribution in [1.82, 2.24) is 0 Å². The number of hydrogen-bond acceptors (Lipinski definition) is 2. The normalized spacial score (nSPS) is 13.7. The fraction of sp³-hybridized carbons (Fsp3) is 1.00. The van der Waals surface area contributed by atoms with Crippen LogP contribution in [0.3, 0.4) is 0 Å². The van der Waals surface area contributed by atoms with Crippen LogP contribution in [-0.4, -0.2) is 9.87 Å². The van der Waals surface area contributed by atoms with Gasteiger partial charge >= 0.3 is 0 Å². The Kier molecular flexibility index (Phi) is 2.08. The van der Waals surface area contributed by atoms with Crippen molar-refractivity contribution in [1.29, 1.82) is 0 Å². The lowest BCUT2D eigenvalue weighted by atomic mass is 10.8. The van der Waals surface area contributed by atoms with Crippen LogP contribution < -0.4 is 0 Å². The van der Waals surface area contributed by atoms with Crippen LogP contribution >= 0.6 is 15.9 Å². The van der Waals surface area contributed by atoms with Crippen molar-refractivity contribution in [3.05, 3.63) is 10.1 Å². The maximum Gasteiger partial charge on any atom is 0.263 e. The Balaban J connectivity index is 3.26. The molecule has 0 amide bonds. The zero-order chi connectivity index (χ0) is 5.15. The van der Waals surface area contributed by atoms with Crippen LogP contribution in [0, 0.1) is 10.1 Å². The van der Waals surface area contributed by atoms with Crippen LogP contribution in [0.15, 0.2) is 0 Å². The molecule has 0 rings (SSSR count). The van der Waals surface area contributed by atoms with E-state index in [9.17, 15) is 10.1 Å². The highest BCUT2D eigenvalue weighted by Crippen LogP contribution is 1.94. The molecule has 0 heterocycles. The smallest absolute Gasteiger partial charge is 0.263 e. The lowest BCUT2D eigenvalue weighted by Gasteiger charge is -1.86. The summed E-state index contributed by atoms with van der Waals surface area (Å²) in [6, 6.07) is 0. The molecule has 1 unspecified atom stereocenters. The Bertz CT molecular complexity index is 62.6. The molecule has 0 bridgehead atoms. The minimum Gasteiger partial charge on any atom is -0.263 e. The topological polar surface area (TPSA) is 43.1 Å². The number of halogens is 1. The number of hydrogen-bond donors (Lipinski definition) is 0. The molecule has 0 aliphatic rings. The Morgan fingerprint density at radius 3 is 2.17 bits per heavy atom. The van der Waals surface area contributed by atoms with Crippen LogP contribution in [0.5, 0.6) is 0 Å². The van der Waals surface area contributed by atoms with Crippen molar-refractivity contribution < 1.29 is 4.92 Å². The molecular formula is C2H4BrNO2. The predicted octanol–water partition coefficient (Wildman–Crippen LogP) is 1.00. The number of rotatable bonds is 1. The molecule has 0 aromatic heterocycles. The van der Waals surface area contributed by atoms with E-state index in [-0.39, 0.29) is 0 Å². The Labute approximate surface area is 43.6 Å². The van der Waals surface area contributed by atoms with E-state index in [1.165, 1.54) is 6.92 Å². The molecule has 0 aromatic carbocycles. The van der Waals surface area contributed by atoms with Crippen LogP contribution in [0.2, 0.25) is 0 Å². The lowest BCUT2D eigenvalue weighted by molar-refractivity contribution is -0.488. The maximum absolute atomic E-state index is 9.46. The summed E-state index contributed by atoms with van der Waals surface area (Å²) in [6.45, 7) is 1.46. The molecule has 36 valence electrons. The second-order valence-electron chi connectivity index (χ2n) is 0.859. The van der Waals surface area contributed by atoms with Crippen molar-refractivity contribution in [3.63, 3.8) is 0 Å². The average Bonchev–Trinajstić information content (AvgIpc) is 1.36. The van der Waals surface area contributed by atoms with Crippen molar-refractivity contribution in [2.45, 2.75) is 11.9 Å². The summed E-state index contributed by atoms with van der Waals surface area (Å²) in [6.07, 6.45) is 0. The monoisotopic (exact) mass is 153 g/mol. The van der Waals surface area contributed by atoms with Gasteiger partial charge in [-0.05, 0) is 15.9 Å². The highest BCUT2D eigenvalue weighted by molar-refractivity contribution is 9.09. The third-order valence-corrected chi connectivity index (χ3v) is 0.625. The minimum absolute atomic E-state index is 0.417. The molecule has 0 N–H and O–H groups in total. The molecular weight excluding hydrogens is 150 g/mol. The summed E-state index contributed by atoms with van der Waals surface area (Å²) in [5.74, 6) is 0. The van der Waals surface area contributed by atoms with E-state index in [1.807, 2.05) is 0 Å². The van der Waals surface area contributed by atoms with Gasteiger partial charge in [-0.2, -0.15) is 0 Å². The first-order valence-electron chi connectivity index (χ1n) is 1.42. The molecule has 0 aliphatic heterocycles. The van der Waals surface area contributed by atoms with E-state index in [0.29, 0.717) is 0 Å². The van der Waals surface area contributed by atoms with Crippen LogP contribution in [-0.2, 0) is 0 Å². The molecule has 3 nitrogen and oxygen atoms in total. The first kappa shape index (κ1) is 5.88. The zero-order valence-electron chi connectivity index (χ0n) is 3.22. The van der Waals surface area contributed by atoms with Crippen LogP contribution in [0.1, 0.15) is 6.92 Å². The van der Waals surface area contributed by atoms with Crippen LogP contribution in [0.25, 0.3) is 0 Å². The fourth-order valence-corrected chi connectivity index (χ4v) is 0. The largest absolute Gasteiger partial charge is 0.263 e. The van der Waals surface area contributed by atoms with Gasteiger partial charge in [0.1, 0.15) is 0 Å². The average molecular weight is 154 g/mol. The zero-order valence-corrected chi connectivity index (χ0v) is 4.81. The summed E-state index contributed by atoms with van der Waals surface area (Å²) >= 11 is 2.74. The first-order chi connectivity index (χ1) is 2.64. The van der Waals surface area contributed by atoms with Gasteiger partial charge in [0.2, 0.25) is 0 Å². The summed E-state index contributed by atoms with van der Waals surface area (Å²) in [5, 5.41) is 9.46. The summed E-state index contributed by atoms with van der Waals surface area (Å²) in [7, 11) is 0. The first-order valence-corrected chi connectivity index (χ1v) is 2.33. The molecule has 0 fully saturated rings. The number of nitro groups is 1. The highest BCUT2D eigenvalue weighted by Gasteiger charge is 2.02. The quantitative estimate of drug-likeness (QED) is 0.244. The van der Waals surface area contributed by atoms with Gasteiger partial charge in [-0.3, -0.25) is 10.1 Å². The van der Waals surface area contributed by atoms with E-state index in [2.05, 4.69) is 15.9 Å². The summed E-state index contributed by atoms with van der Waals surface area (Å²) in [5.41, 5.74) is 0. The van der Waals surface area contributed by atoms with Gasteiger partial charge in [-0.1, -0.05) is 0 Å². The molecule has 0 aromatic rings. The fourth-order valence-electron chi connectivity index (χ4n) is 0. The molecule has 1 atom stereocenters. The van der Waals surface area contributed by atoms with Crippen molar-refractivity contribution in [2.24, 2.45) is 0 Å². The summed E-state index contributed by atoms with van der Waals surface area (Å²) < 4.78 is 0. The Morgan fingerprint density at radius 1 is 2.00 bits per heavy atom.